The highest BCUT2D eigenvalue weighted by Gasteiger charge is 2.14. The molecule has 2 aromatic rings. The van der Waals surface area contributed by atoms with Gasteiger partial charge in [0.25, 0.3) is 0 Å². The van der Waals surface area contributed by atoms with Crippen LogP contribution >= 0.6 is 0 Å². The van der Waals surface area contributed by atoms with Crippen LogP contribution in [-0.4, -0.2) is 30.2 Å². The Bertz CT molecular complexity index is 676. The van der Waals surface area contributed by atoms with Gasteiger partial charge in [0.15, 0.2) is 5.82 Å². The fourth-order valence-electron chi connectivity index (χ4n) is 2.67. The standard InChI is InChI=1S/C18H21N3O/c1-14-12-18(21-10-3-4-11-21)20-17(19-14)9-8-15-6-5-7-16(13-15)22-2/h5-9,12-13H,3-4,10-11H2,1-2H3. The second-order valence-electron chi connectivity index (χ2n) is 5.53. The fourth-order valence-corrected chi connectivity index (χ4v) is 2.67. The summed E-state index contributed by atoms with van der Waals surface area (Å²) in [5.41, 5.74) is 2.08. The van der Waals surface area contributed by atoms with Crippen molar-refractivity contribution >= 4 is 18.0 Å². The molecule has 0 amide bonds. The van der Waals surface area contributed by atoms with Gasteiger partial charge in [0.05, 0.1) is 7.11 Å². The molecule has 0 bridgehead atoms. The topological polar surface area (TPSA) is 38.2 Å². The first-order chi connectivity index (χ1) is 10.7. The van der Waals surface area contributed by atoms with Gasteiger partial charge >= 0.3 is 0 Å². The Morgan fingerprint density at radius 3 is 2.68 bits per heavy atom. The lowest BCUT2D eigenvalue weighted by Gasteiger charge is -2.16. The van der Waals surface area contributed by atoms with Crippen LogP contribution in [0.3, 0.4) is 0 Å². The number of aromatic nitrogens is 2. The van der Waals surface area contributed by atoms with E-state index in [2.05, 4.69) is 20.9 Å². The Balaban J connectivity index is 1.83. The lowest BCUT2D eigenvalue weighted by atomic mass is 10.2. The van der Waals surface area contributed by atoms with Crippen LogP contribution in [0.4, 0.5) is 5.82 Å². The van der Waals surface area contributed by atoms with Gasteiger partial charge in [-0.1, -0.05) is 18.2 Å². The molecule has 0 spiro atoms. The van der Waals surface area contributed by atoms with E-state index >= 15 is 0 Å². The molecule has 0 saturated carbocycles. The van der Waals surface area contributed by atoms with Crippen molar-refractivity contribution in [2.45, 2.75) is 19.8 Å². The number of anilines is 1. The number of benzene rings is 1. The predicted octanol–water partition coefficient (Wildman–Crippen LogP) is 3.56. The molecule has 4 heteroatoms. The summed E-state index contributed by atoms with van der Waals surface area (Å²) in [7, 11) is 1.68. The van der Waals surface area contributed by atoms with Gasteiger partial charge in [0.1, 0.15) is 11.6 Å². The number of hydrogen-bond donors (Lipinski definition) is 0. The van der Waals surface area contributed by atoms with Crippen molar-refractivity contribution in [3.63, 3.8) is 0 Å². The minimum atomic E-state index is 0.754. The zero-order valence-electron chi connectivity index (χ0n) is 13.1. The molecule has 0 atom stereocenters. The van der Waals surface area contributed by atoms with Crippen LogP contribution in [0.25, 0.3) is 12.2 Å². The quantitative estimate of drug-likeness (QED) is 0.864. The summed E-state index contributed by atoms with van der Waals surface area (Å²) in [6.07, 6.45) is 6.47. The Morgan fingerprint density at radius 1 is 1.09 bits per heavy atom. The molecule has 2 heterocycles. The van der Waals surface area contributed by atoms with Crippen molar-refractivity contribution in [1.82, 2.24) is 9.97 Å². The number of ether oxygens (including phenoxy) is 1. The van der Waals surface area contributed by atoms with Crippen LogP contribution in [0.5, 0.6) is 5.75 Å². The largest absolute Gasteiger partial charge is 0.497 e. The molecule has 0 aliphatic carbocycles. The average Bonchev–Trinajstić information content (AvgIpc) is 3.07. The molecule has 3 rings (SSSR count). The minimum absolute atomic E-state index is 0.754. The summed E-state index contributed by atoms with van der Waals surface area (Å²) in [4.78, 5) is 11.5. The maximum absolute atomic E-state index is 5.24. The first kappa shape index (κ1) is 14.6. The van der Waals surface area contributed by atoms with Crippen LogP contribution in [0.1, 0.15) is 29.9 Å². The summed E-state index contributed by atoms with van der Waals surface area (Å²) >= 11 is 0. The summed E-state index contributed by atoms with van der Waals surface area (Å²) in [6, 6.07) is 10.0. The zero-order valence-corrected chi connectivity index (χ0v) is 13.1. The highest BCUT2D eigenvalue weighted by atomic mass is 16.5. The molecule has 114 valence electrons. The van der Waals surface area contributed by atoms with Crippen LogP contribution in [0, 0.1) is 6.92 Å². The molecule has 4 nitrogen and oxygen atoms in total. The SMILES string of the molecule is COc1cccc(C=Cc2nc(C)cc(N3CCCC3)n2)c1. The lowest BCUT2D eigenvalue weighted by Crippen LogP contribution is -2.19. The molecule has 0 unspecified atom stereocenters. The van der Waals surface area contributed by atoms with Gasteiger partial charge in [-0.25, -0.2) is 9.97 Å². The Kier molecular flexibility index (Phi) is 4.37. The van der Waals surface area contributed by atoms with E-state index in [1.165, 1.54) is 12.8 Å². The molecular formula is C18H21N3O. The average molecular weight is 295 g/mol. The molecule has 1 aliphatic heterocycles. The van der Waals surface area contributed by atoms with E-state index in [1.807, 2.05) is 43.3 Å². The van der Waals surface area contributed by atoms with Gasteiger partial charge in [-0.3, -0.25) is 0 Å². The predicted molar refractivity (Wildman–Crippen MR) is 90.1 cm³/mol. The third-order valence-electron chi connectivity index (χ3n) is 3.81. The van der Waals surface area contributed by atoms with E-state index in [-0.39, 0.29) is 0 Å². The summed E-state index contributed by atoms with van der Waals surface area (Å²) in [5, 5.41) is 0. The Hall–Kier alpha value is -2.36. The van der Waals surface area contributed by atoms with Crippen molar-refractivity contribution in [1.29, 1.82) is 0 Å². The van der Waals surface area contributed by atoms with Gasteiger partial charge in [0.2, 0.25) is 0 Å². The molecule has 1 saturated heterocycles. The Labute approximate surface area is 131 Å². The highest BCUT2D eigenvalue weighted by molar-refractivity contribution is 5.68. The van der Waals surface area contributed by atoms with Gasteiger partial charge in [0, 0.05) is 24.8 Å². The molecule has 1 aromatic heterocycles. The van der Waals surface area contributed by atoms with Gasteiger partial charge < -0.3 is 9.64 Å². The van der Waals surface area contributed by atoms with E-state index in [0.717, 1.165) is 41.7 Å². The first-order valence-corrected chi connectivity index (χ1v) is 7.67. The van der Waals surface area contributed by atoms with E-state index in [1.54, 1.807) is 7.11 Å². The van der Waals surface area contributed by atoms with E-state index < -0.39 is 0 Å². The summed E-state index contributed by atoms with van der Waals surface area (Å²) in [6.45, 7) is 4.20. The number of hydrogen-bond acceptors (Lipinski definition) is 4. The van der Waals surface area contributed by atoms with Crippen molar-refractivity contribution in [3.8, 4) is 5.75 Å². The van der Waals surface area contributed by atoms with E-state index in [9.17, 15) is 0 Å². The molecule has 0 radical (unpaired) electrons. The van der Waals surface area contributed by atoms with Crippen LogP contribution in [0.15, 0.2) is 30.3 Å². The first-order valence-electron chi connectivity index (χ1n) is 7.67. The molecule has 22 heavy (non-hydrogen) atoms. The number of aryl methyl sites for hydroxylation is 1. The van der Waals surface area contributed by atoms with Gasteiger partial charge in [-0.15, -0.1) is 0 Å². The van der Waals surface area contributed by atoms with E-state index in [4.69, 9.17) is 4.74 Å². The smallest absolute Gasteiger partial charge is 0.154 e. The van der Waals surface area contributed by atoms with Gasteiger partial charge in [-0.2, -0.15) is 0 Å². The molecular weight excluding hydrogens is 274 g/mol. The third-order valence-corrected chi connectivity index (χ3v) is 3.81. The van der Waals surface area contributed by atoms with Crippen LogP contribution in [0.2, 0.25) is 0 Å². The van der Waals surface area contributed by atoms with Gasteiger partial charge in [-0.05, 0) is 43.5 Å². The summed E-state index contributed by atoms with van der Waals surface area (Å²) in [5.74, 6) is 2.64. The van der Waals surface area contributed by atoms with Crippen LogP contribution in [-0.2, 0) is 0 Å². The number of rotatable bonds is 4. The fraction of sp³-hybridized carbons (Fsp3) is 0.333. The van der Waals surface area contributed by atoms with Crippen LogP contribution < -0.4 is 9.64 Å². The molecule has 1 aromatic carbocycles. The lowest BCUT2D eigenvalue weighted by molar-refractivity contribution is 0.414. The Morgan fingerprint density at radius 2 is 1.91 bits per heavy atom. The second-order valence-corrected chi connectivity index (χ2v) is 5.53. The number of nitrogens with zero attached hydrogens (tertiary/aromatic N) is 3. The van der Waals surface area contributed by atoms with Crippen molar-refractivity contribution in [2.75, 3.05) is 25.1 Å². The monoisotopic (exact) mass is 295 g/mol. The van der Waals surface area contributed by atoms with Crippen molar-refractivity contribution < 1.29 is 4.74 Å². The zero-order chi connectivity index (χ0) is 15.4. The maximum atomic E-state index is 5.24. The third kappa shape index (κ3) is 3.45. The highest BCUT2D eigenvalue weighted by Crippen LogP contribution is 2.19. The number of methoxy groups -OCH3 is 1. The summed E-state index contributed by atoms with van der Waals surface area (Å²) < 4.78 is 5.24. The van der Waals surface area contributed by atoms with E-state index in [0.29, 0.717) is 0 Å². The minimum Gasteiger partial charge on any atom is -0.497 e. The molecule has 0 N–H and O–H groups in total. The second kappa shape index (κ2) is 6.60. The molecule has 1 aliphatic rings. The van der Waals surface area contributed by atoms with Crippen molar-refractivity contribution in [3.05, 3.63) is 47.4 Å². The van der Waals surface area contributed by atoms with Crippen molar-refractivity contribution in [2.24, 2.45) is 0 Å². The normalized spacial score (nSPS) is 14.7. The maximum Gasteiger partial charge on any atom is 0.154 e. The molecule has 1 fully saturated rings.